The number of anilines is 1. The van der Waals surface area contributed by atoms with E-state index >= 15 is 0 Å². The van der Waals surface area contributed by atoms with Gasteiger partial charge in [0.25, 0.3) is 5.69 Å². The first-order valence-corrected chi connectivity index (χ1v) is 11.7. The molecule has 0 aromatic heterocycles. The number of likely N-dealkylation sites (tertiary alicyclic amines) is 1. The second kappa shape index (κ2) is 7.96. The van der Waals surface area contributed by atoms with Crippen LogP contribution >= 0.6 is 0 Å². The topological polar surface area (TPSA) is 95.8 Å². The van der Waals surface area contributed by atoms with E-state index in [4.69, 9.17) is 0 Å². The highest BCUT2D eigenvalue weighted by Crippen LogP contribution is 2.33. The van der Waals surface area contributed by atoms with Crippen molar-refractivity contribution in [2.45, 2.75) is 61.9 Å². The summed E-state index contributed by atoms with van der Waals surface area (Å²) in [5, 5.41) is 14.9. The van der Waals surface area contributed by atoms with E-state index in [2.05, 4.69) is 10.2 Å². The molecule has 8 nitrogen and oxygen atoms in total. The molecule has 9 heteroatoms. The van der Waals surface area contributed by atoms with E-state index in [1.165, 1.54) is 29.3 Å². The van der Waals surface area contributed by atoms with Gasteiger partial charge < -0.3 is 5.32 Å². The number of nitrogens with one attached hydrogen (secondary N) is 1. The number of benzene rings is 1. The number of nitro benzene ring substituents is 1. The first kappa shape index (κ1) is 19.6. The second-order valence-electron chi connectivity index (χ2n) is 8.11. The quantitative estimate of drug-likeness (QED) is 0.574. The monoisotopic (exact) mass is 408 g/mol. The SMILES string of the molecule is O=[N+]([O-])c1cc(S(=O)(=O)N2CCCCCC2)ccc1N[C@H]1CCN(C2CC2)C1. The molecule has 2 heterocycles. The minimum atomic E-state index is -3.70. The molecular formula is C19H28N4O4S. The maximum absolute atomic E-state index is 13.0. The Labute approximate surface area is 166 Å². The summed E-state index contributed by atoms with van der Waals surface area (Å²) in [7, 11) is -3.70. The van der Waals surface area contributed by atoms with E-state index in [-0.39, 0.29) is 16.6 Å². The van der Waals surface area contributed by atoms with Gasteiger partial charge in [0.05, 0.1) is 9.82 Å². The summed E-state index contributed by atoms with van der Waals surface area (Å²) in [5.74, 6) is 0. The first-order valence-electron chi connectivity index (χ1n) is 10.2. The van der Waals surface area contributed by atoms with Crippen molar-refractivity contribution in [2.24, 2.45) is 0 Å². The molecule has 2 aliphatic heterocycles. The van der Waals surface area contributed by atoms with Crippen molar-refractivity contribution < 1.29 is 13.3 Å². The Hall–Kier alpha value is -1.71. The minimum absolute atomic E-state index is 0.0117. The lowest BCUT2D eigenvalue weighted by Crippen LogP contribution is -2.32. The Bertz CT molecular complexity index is 832. The Balaban J connectivity index is 1.53. The third-order valence-electron chi connectivity index (χ3n) is 6.01. The summed E-state index contributed by atoms with van der Waals surface area (Å²) < 4.78 is 27.4. The summed E-state index contributed by atoms with van der Waals surface area (Å²) >= 11 is 0. The molecule has 0 spiro atoms. The molecule has 4 rings (SSSR count). The predicted octanol–water partition coefficient (Wildman–Crippen LogP) is 2.81. The summed E-state index contributed by atoms with van der Waals surface area (Å²) in [5.41, 5.74) is 0.239. The highest BCUT2D eigenvalue weighted by atomic mass is 32.2. The number of hydrogen-bond donors (Lipinski definition) is 1. The molecule has 0 radical (unpaired) electrons. The molecule has 0 unspecified atom stereocenters. The molecular weight excluding hydrogens is 380 g/mol. The molecule has 1 aromatic carbocycles. The van der Waals surface area contributed by atoms with Crippen molar-refractivity contribution in [3.63, 3.8) is 0 Å². The van der Waals surface area contributed by atoms with Gasteiger partial charge in [0.1, 0.15) is 5.69 Å². The van der Waals surface area contributed by atoms with Crippen molar-refractivity contribution in [2.75, 3.05) is 31.5 Å². The number of sulfonamides is 1. The molecule has 1 aliphatic carbocycles. The number of nitro groups is 1. The zero-order chi connectivity index (χ0) is 19.7. The summed E-state index contributed by atoms with van der Waals surface area (Å²) in [6.07, 6.45) is 7.15. The fraction of sp³-hybridized carbons (Fsp3) is 0.684. The summed E-state index contributed by atoms with van der Waals surface area (Å²) in [4.78, 5) is 13.6. The third kappa shape index (κ3) is 4.16. The highest BCUT2D eigenvalue weighted by Gasteiger charge is 2.35. The van der Waals surface area contributed by atoms with Crippen LogP contribution in [0, 0.1) is 10.1 Å². The molecule has 0 amide bonds. The van der Waals surface area contributed by atoms with E-state index in [0.29, 0.717) is 24.8 Å². The largest absolute Gasteiger partial charge is 0.375 e. The Morgan fingerprint density at radius 1 is 1.04 bits per heavy atom. The maximum Gasteiger partial charge on any atom is 0.293 e. The van der Waals surface area contributed by atoms with Crippen LogP contribution in [0.25, 0.3) is 0 Å². The van der Waals surface area contributed by atoms with Gasteiger partial charge in [-0.25, -0.2) is 8.42 Å². The Kier molecular flexibility index (Phi) is 5.57. The normalized spacial score (nSPS) is 24.8. The molecule has 154 valence electrons. The van der Waals surface area contributed by atoms with Gasteiger partial charge in [-0.05, 0) is 44.2 Å². The van der Waals surface area contributed by atoms with Crippen LogP contribution < -0.4 is 5.32 Å². The summed E-state index contributed by atoms with van der Waals surface area (Å²) in [6.45, 7) is 2.86. The lowest BCUT2D eigenvalue weighted by molar-refractivity contribution is -0.384. The van der Waals surface area contributed by atoms with Gasteiger partial charge in [-0.1, -0.05) is 12.8 Å². The van der Waals surface area contributed by atoms with Gasteiger partial charge in [-0.15, -0.1) is 0 Å². The highest BCUT2D eigenvalue weighted by molar-refractivity contribution is 7.89. The average Bonchev–Trinajstić information content (AvgIpc) is 3.46. The molecule has 2 saturated heterocycles. The molecule has 0 bridgehead atoms. The lowest BCUT2D eigenvalue weighted by atomic mass is 10.2. The lowest BCUT2D eigenvalue weighted by Gasteiger charge is -2.20. The van der Waals surface area contributed by atoms with Crippen LogP contribution in [0.5, 0.6) is 0 Å². The molecule has 28 heavy (non-hydrogen) atoms. The number of nitrogens with zero attached hydrogens (tertiary/aromatic N) is 3. The van der Waals surface area contributed by atoms with Crippen LogP contribution in [0.4, 0.5) is 11.4 Å². The van der Waals surface area contributed by atoms with Crippen LogP contribution in [-0.4, -0.2) is 60.8 Å². The smallest absolute Gasteiger partial charge is 0.293 e. The molecule has 3 fully saturated rings. The molecule has 1 aromatic rings. The zero-order valence-electron chi connectivity index (χ0n) is 16.0. The van der Waals surface area contributed by atoms with Crippen LogP contribution in [0.1, 0.15) is 44.9 Å². The zero-order valence-corrected chi connectivity index (χ0v) is 16.9. The van der Waals surface area contributed by atoms with Crippen LogP contribution in [0.15, 0.2) is 23.1 Å². The van der Waals surface area contributed by atoms with E-state index in [9.17, 15) is 18.5 Å². The maximum atomic E-state index is 13.0. The van der Waals surface area contributed by atoms with Gasteiger partial charge in [0, 0.05) is 44.3 Å². The van der Waals surface area contributed by atoms with E-state index in [0.717, 1.165) is 45.2 Å². The van der Waals surface area contributed by atoms with Gasteiger partial charge in [-0.2, -0.15) is 4.31 Å². The fourth-order valence-corrected chi connectivity index (χ4v) is 5.81. The van der Waals surface area contributed by atoms with Crippen LogP contribution in [0.3, 0.4) is 0 Å². The molecule has 3 aliphatic rings. The van der Waals surface area contributed by atoms with Gasteiger partial charge in [0.2, 0.25) is 10.0 Å². The summed E-state index contributed by atoms with van der Waals surface area (Å²) in [6, 6.07) is 5.12. The van der Waals surface area contributed by atoms with Gasteiger partial charge in [0.15, 0.2) is 0 Å². The van der Waals surface area contributed by atoms with Crippen LogP contribution in [-0.2, 0) is 10.0 Å². The van der Waals surface area contributed by atoms with Crippen molar-refractivity contribution >= 4 is 21.4 Å². The van der Waals surface area contributed by atoms with E-state index in [1.54, 1.807) is 6.07 Å². The first-order chi connectivity index (χ1) is 13.4. The van der Waals surface area contributed by atoms with Crippen molar-refractivity contribution in [1.29, 1.82) is 0 Å². The Morgan fingerprint density at radius 2 is 1.75 bits per heavy atom. The number of hydrogen-bond acceptors (Lipinski definition) is 6. The van der Waals surface area contributed by atoms with Crippen LogP contribution in [0.2, 0.25) is 0 Å². The van der Waals surface area contributed by atoms with E-state index < -0.39 is 14.9 Å². The van der Waals surface area contributed by atoms with Gasteiger partial charge >= 0.3 is 0 Å². The van der Waals surface area contributed by atoms with Crippen molar-refractivity contribution in [1.82, 2.24) is 9.21 Å². The van der Waals surface area contributed by atoms with Crippen molar-refractivity contribution in [3.8, 4) is 0 Å². The fourth-order valence-electron chi connectivity index (χ4n) is 4.27. The van der Waals surface area contributed by atoms with Gasteiger partial charge in [-0.3, -0.25) is 15.0 Å². The second-order valence-corrected chi connectivity index (χ2v) is 10.0. The average molecular weight is 409 g/mol. The Morgan fingerprint density at radius 3 is 2.39 bits per heavy atom. The third-order valence-corrected chi connectivity index (χ3v) is 7.91. The number of rotatable bonds is 6. The predicted molar refractivity (Wildman–Crippen MR) is 107 cm³/mol. The molecule has 1 atom stereocenters. The van der Waals surface area contributed by atoms with E-state index in [1.807, 2.05) is 0 Å². The molecule has 1 saturated carbocycles. The minimum Gasteiger partial charge on any atom is -0.375 e. The standard InChI is InChI=1S/C19H28N4O4S/c24-23(25)19-13-17(28(26,27)22-10-3-1-2-4-11-22)7-8-18(19)20-15-9-12-21(14-15)16-5-6-16/h7-8,13,15-16,20H,1-6,9-12,14H2/t15-/m0/s1. The molecule has 1 N–H and O–H groups in total. The van der Waals surface area contributed by atoms with Crippen molar-refractivity contribution in [3.05, 3.63) is 28.3 Å².